The number of carbonyl (C=O) groups excluding carboxylic acids is 2. The minimum absolute atomic E-state index is 0.0183. The van der Waals surface area contributed by atoms with Crippen LogP contribution in [0.4, 0.5) is 10.1 Å². The first-order valence-electron chi connectivity index (χ1n) is 10.8. The van der Waals surface area contributed by atoms with Gasteiger partial charge in [0.05, 0.1) is 17.3 Å². The fourth-order valence-corrected chi connectivity index (χ4v) is 3.63. The van der Waals surface area contributed by atoms with E-state index in [-0.39, 0.29) is 12.4 Å². The van der Waals surface area contributed by atoms with E-state index >= 15 is 0 Å². The van der Waals surface area contributed by atoms with Crippen molar-refractivity contribution in [2.24, 2.45) is 5.10 Å². The van der Waals surface area contributed by atoms with Crippen molar-refractivity contribution in [3.05, 3.63) is 87.1 Å². The third kappa shape index (κ3) is 7.13. The molecule has 0 fully saturated rings. The molecule has 0 aliphatic rings. The molecule has 0 saturated carbocycles. The highest BCUT2D eigenvalue weighted by Crippen LogP contribution is 2.37. The Hall–Kier alpha value is -3.72. The molecule has 0 radical (unpaired) electrons. The van der Waals surface area contributed by atoms with Gasteiger partial charge in [0.2, 0.25) is 0 Å². The summed E-state index contributed by atoms with van der Waals surface area (Å²) in [6.07, 6.45) is 1.37. The first-order valence-corrected chi connectivity index (χ1v) is 11.6. The molecule has 0 spiro atoms. The normalized spacial score (nSPS) is 10.8. The lowest BCUT2D eigenvalue weighted by molar-refractivity contribution is -0.136. The molecular weight excluding hydrogens is 517 g/mol. The second-order valence-electron chi connectivity index (χ2n) is 7.60. The van der Waals surface area contributed by atoms with Crippen molar-refractivity contribution in [3.63, 3.8) is 0 Å². The van der Waals surface area contributed by atoms with Crippen molar-refractivity contribution in [1.29, 1.82) is 0 Å². The number of halogens is 2. The zero-order valence-electron chi connectivity index (χ0n) is 19.5. The van der Waals surface area contributed by atoms with Crippen molar-refractivity contribution in [1.82, 2.24) is 5.43 Å². The smallest absolute Gasteiger partial charge is 0.329 e. The molecule has 0 saturated heterocycles. The van der Waals surface area contributed by atoms with Crippen molar-refractivity contribution in [2.45, 2.75) is 27.4 Å². The number of anilines is 1. The highest BCUT2D eigenvalue weighted by atomic mass is 79.9. The Bertz CT molecular complexity index is 1260. The van der Waals surface area contributed by atoms with Crippen molar-refractivity contribution < 1.29 is 23.5 Å². The standard InChI is InChI=1S/C26H25BrFN3O4/c1-4-34-23-13-18(12-21(27)24(23)35-15-19-7-5-6-8-22(19)28)14-29-31-26(33)25(32)30-20-10-9-16(2)17(3)11-20/h5-14H,4,15H2,1-3H3,(H,30,32)(H,31,33)/b29-14+. The Morgan fingerprint density at radius 1 is 1.03 bits per heavy atom. The van der Waals surface area contributed by atoms with E-state index in [4.69, 9.17) is 9.47 Å². The van der Waals surface area contributed by atoms with Gasteiger partial charge >= 0.3 is 11.8 Å². The Balaban J connectivity index is 1.66. The van der Waals surface area contributed by atoms with Crippen LogP contribution in [0.5, 0.6) is 11.5 Å². The predicted octanol–water partition coefficient (Wildman–Crippen LogP) is 5.27. The van der Waals surface area contributed by atoms with Crippen molar-refractivity contribution in [3.8, 4) is 11.5 Å². The van der Waals surface area contributed by atoms with E-state index in [1.165, 1.54) is 12.3 Å². The maximum absolute atomic E-state index is 13.9. The quantitative estimate of drug-likeness (QED) is 0.231. The van der Waals surface area contributed by atoms with Gasteiger partial charge in [0.15, 0.2) is 11.5 Å². The van der Waals surface area contributed by atoms with Gasteiger partial charge in [0, 0.05) is 11.3 Å². The average Bonchev–Trinajstić information content (AvgIpc) is 2.82. The van der Waals surface area contributed by atoms with Gasteiger partial charge in [0.25, 0.3) is 0 Å². The number of rotatable bonds is 8. The number of hydrogen-bond donors (Lipinski definition) is 2. The number of hydrogen-bond acceptors (Lipinski definition) is 5. The number of ether oxygens (including phenoxy) is 2. The molecule has 3 aromatic carbocycles. The molecule has 0 aliphatic carbocycles. The second kappa shape index (κ2) is 12.1. The summed E-state index contributed by atoms with van der Waals surface area (Å²) in [6, 6.07) is 15.1. The van der Waals surface area contributed by atoms with Gasteiger partial charge in [-0.05, 0) is 83.7 Å². The summed E-state index contributed by atoms with van der Waals surface area (Å²) in [5.74, 6) is -1.28. The third-order valence-corrected chi connectivity index (χ3v) is 5.60. The van der Waals surface area contributed by atoms with E-state index in [9.17, 15) is 14.0 Å². The number of carbonyl (C=O) groups is 2. The SMILES string of the molecule is CCOc1cc(/C=N/NC(=O)C(=O)Nc2ccc(C)c(C)c2)cc(Br)c1OCc1ccccc1F. The maximum atomic E-state index is 13.9. The Kier molecular flexibility index (Phi) is 8.97. The van der Waals surface area contributed by atoms with E-state index in [1.807, 2.05) is 26.8 Å². The van der Waals surface area contributed by atoms with Crippen LogP contribution in [0.2, 0.25) is 0 Å². The zero-order chi connectivity index (χ0) is 25.4. The van der Waals surface area contributed by atoms with Crippen LogP contribution < -0.4 is 20.2 Å². The van der Waals surface area contributed by atoms with Crippen LogP contribution in [0.25, 0.3) is 0 Å². The Morgan fingerprint density at radius 2 is 1.80 bits per heavy atom. The summed E-state index contributed by atoms with van der Waals surface area (Å²) < 4.78 is 26.0. The lowest BCUT2D eigenvalue weighted by Crippen LogP contribution is -2.32. The third-order valence-electron chi connectivity index (χ3n) is 5.01. The molecule has 3 aromatic rings. The van der Waals surface area contributed by atoms with E-state index in [0.717, 1.165) is 11.1 Å². The fraction of sp³-hybridized carbons (Fsp3) is 0.192. The molecule has 2 N–H and O–H groups in total. The van der Waals surface area contributed by atoms with Crippen molar-refractivity contribution >= 4 is 39.6 Å². The van der Waals surface area contributed by atoms with Crippen LogP contribution >= 0.6 is 15.9 Å². The summed E-state index contributed by atoms with van der Waals surface area (Å²) in [4.78, 5) is 24.2. The molecule has 0 unspecified atom stereocenters. The molecule has 0 bridgehead atoms. The van der Waals surface area contributed by atoms with Gasteiger partial charge in [0.1, 0.15) is 12.4 Å². The summed E-state index contributed by atoms with van der Waals surface area (Å²) in [5, 5.41) is 6.40. The average molecular weight is 542 g/mol. The van der Waals surface area contributed by atoms with Gasteiger partial charge in [-0.2, -0.15) is 5.10 Å². The molecule has 0 atom stereocenters. The Morgan fingerprint density at radius 3 is 2.51 bits per heavy atom. The van der Waals surface area contributed by atoms with E-state index in [0.29, 0.717) is 39.4 Å². The monoisotopic (exact) mass is 541 g/mol. The molecule has 2 amide bonds. The predicted molar refractivity (Wildman–Crippen MR) is 136 cm³/mol. The number of amides is 2. The number of nitrogens with one attached hydrogen (secondary N) is 2. The molecule has 0 aromatic heterocycles. The van der Waals surface area contributed by atoms with E-state index in [2.05, 4.69) is 31.8 Å². The lowest BCUT2D eigenvalue weighted by Gasteiger charge is -2.15. The van der Waals surface area contributed by atoms with Crippen LogP contribution in [-0.2, 0) is 16.2 Å². The molecule has 182 valence electrons. The first-order chi connectivity index (χ1) is 16.8. The number of hydrazone groups is 1. The summed E-state index contributed by atoms with van der Waals surface area (Å²) >= 11 is 3.44. The summed E-state index contributed by atoms with van der Waals surface area (Å²) in [7, 11) is 0. The highest BCUT2D eigenvalue weighted by Gasteiger charge is 2.15. The van der Waals surface area contributed by atoms with E-state index < -0.39 is 11.8 Å². The van der Waals surface area contributed by atoms with Crippen LogP contribution in [0.15, 0.2) is 64.2 Å². The van der Waals surface area contributed by atoms with Crippen LogP contribution in [0.3, 0.4) is 0 Å². The number of benzene rings is 3. The molecular formula is C26H25BrFN3O4. The molecule has 9 heteroatoms. The van der Waals surface area contributed by atoms with Gasteiger partial charge < -0.3 is 14.8 Å². The maximum Gasteiger partial charge on any atom is 0.329 e. The first kappa shape index (κ1) is 25.9. The lowest BCUT2D eigenvalue weighted by atomic mass is 10.1. The summed E-state index contributed by atoms with van der Waals surface area (Å²) in [5.41, 5.74) is 5.80. The second-order valence-corrected chi connectivity index (χ2v) is 8.45. The molecule has 7 nitrogen and oxygen atoms in total. The number of nitrogens with zero attached hydrogens (tertiary/aromatic N) is 1. The van der Waals surface area contributed by atoms with Crippen molar-refractivity contribution in [2.75, 3.05) is 11.9 Å². The van der Waals surface area contributed by atoms with Gasteiger partial charge in [-0.3, -0.25) is 9.59 Å². The van der Waals surface area contributed by atoms with Crippen LogP contribution in [0.1, 0.15) is 29.2 Å². The molecule has 3 rings (SSSR count). The molecule has 0 aliphatic heterocycles. The largest absolute Gasteiger partial charge is 0.490 e. The van der Waals surface area contributed by atoms with Crippen LogP contribution in [0, 0.1) is 19.7 Å². The topological polar surface area (TPSA) is 89.0 Å². The minimum Gasteiger partial charge on any atom is -0.490 e. The fourth-order valence-electron chi connectivity index (χ4n) is 3.05. The zero-order valence-corrected chi connectivity index (χ0v) is 21.1. The van der Waals surface area contributed by atoms with Crippen LogP contribution in [-0.4, -0.2) is 24.6 Å². The minimum atomic E-state index is -0.909. The summed E-state index contributed by atoms with van der Waals surface area (Å²) in [6.45, 7) is 6.09. The van der Waals surface area contributed by atoms with Gasteiger partial charge in [-0.1, -0.05) is 24.3 Å². The Labute approximate surface area is 211 Å². The highest BCUT2D eigenvalue weighted by molar-refractivity contribution is 9.10. The van der Waals surface area contributed by atoms with Gasteiger partial charge in [-0.25, -0.2) is 9.82 Å². The molecule has 35 heavy (non-hydrogen) atoms. The van der Waals surface area contributed by atoms with E-state index in [1.54, 1.807) is 42.5 Å². The van der Waals surface area contributed by atoms with Gasteiger partial charge in [-0.15, -0.1) is 0 Å². The molecule has 0 heterocycles. The number of aryl methyl sites for hydroxylation is 2.